The molecule has 0 saturated carbocycles. The van der Waals surface area contributed by atoms with Gasteiger partial charge in [-0.1, -0.05) is 0 Å². The first-order chi connectivity index (χ1) is 4.70. The van der Waals surface area contributed by atoms with Gasteiger partial charge in [0.1, 0.15) is 0 Å². The second-order valence-electron chi connectivity index (χ2n) is 2.34. The molecule has 0 spiro atoms. The van der Waals surface area contributed by atoms with Crippen molar-refractivity contribution in [3.63, 3.8) is 0 Å². The molecule has 1 fully saturated rings. The molecular formula is C6H11NO3. The van der Waals surface area contributed by atoms with E-state index in [9.17, 15) is 4.79 Å². The number of nitrogens with two attached hydrogens (primary N) is 1. The van der Waals surface area contributed by atoms with Crippen LogP contribution in [-0.4, -0.2) is 24.9 Å². The second kappa shape index (κ2) is 2.98. The first kappa shape index (κ1) is 7.50. The van der Waals surface area contributed by atoms with Crippen LogP contribution in [0.5, 0.6) is 0 Å². The molecule has 0 aliphatic carbocycles. The number of ether oxygens (including phenoxy) is 2. The lowest BCUT2D eigenvalue weighted by atomic mass is 10.3. The van der Waals surface area contributed by atoms with Gasteiger partial charge in [0.05, 0.1) is 12.7 Å². The molecule has 1 aliphatic heterocycles. The summed E-state index contributed by atoms with van der Waals surface area (Å²) in [6.45, 7) is 2.44. The van der Waals surface area contributed by atoms with Gasteiger partial charge in [0.25, 0.3) is 5.91 Å². The summed E-state index contributed by atoms with van der Waals surface area (Å²) in [4.78, 5) is 10.5. The van der Waals surface area contributed by atoms with Crippen molar-refractivity contribution in [1.29, 1.82) is 0 Å². The van der Waals surface area contributed by atoms with Gasteiger partial charge in [-0.15, -0.1) is 0 Å². The Labute approximate surface area is 59.3 Å². The van der Waals surface area contributed by atoms with Gasteiger partial charge < -0.3 is 15.2 Å². The number of primary amides is 1. The van der Waals surface area contributed by atoms with E-state index in [1.165, 1.54) is 0 Å². The maximum atomic E-state index is 10.5. The minimum absolute atomic E-state index is 0.0752. The highest BCUT2D eigenvalue weighted by Gasteiger charge is 2.23. The average Bonchev–Trinajstić information content (AvgIpc) is 1.88. The fourth-order valence-corrected chi connectivity index (χ4v) is 0.809. The third-order valence-corrected chi connectivity index (χ3v) is 1.38. The van der Waals surface area contributed by atoms with Crippen LogP contribution in [0.4, 0.5) is 0 Å². The average molecular weight is 145 g/mol. The van der Waals surface area contributed by atoms with Crippen LogP contribution in [0.1, 0.15) is 13.3 Å². The highest BCUT2D eigenvalue weighted by atomic mass is 16.7. The minimum atomic E-state index is -0.830. The molecule has 0 aromatic heterocycles. The minimum Gasteiger partial charge on any atom is -0.365 e. The van der Waals surface area contributed by atoms with Crippen LogP contribution in [0.15, 0.2) is 0 Å². The third kappa shape index (κ3) is 1.68. The smallest absolute Gasteiger partial charge is 0.274 e. The van der Waals surface area contributed by atoms with Crippen LogP contribution in [0, 0.1) is 0 Å². The van der Waals surface area contributed by atoms with Crippen molar-refractivity contribution in [2.45, 2.75) is 25.7 Å². The molecule has 0 aromatic carbocycles. The first-order valence-electron chi connectivity index (χ1n) is 3.26. The fourth-order valence-electron chi connectivity index (χ4n) is 0.809. The number of rotatable bonds is 1. The summed E-state index contributed by atoms with van der Waals surface area (Å²) in [6, 6.07) is 0. The normalized spacial score (nSPS) is 33.7. The van der Waals surface area contributed by atoms with Crippen molar-refractivity contribution in [3.8, 4) is 0 Å². The van der Waals surface area contributed by atoms with Crippen LogP contribution >= 0.6 is 0 Å². The van der Waals surface area contributed by atoms with Crippen LogP contribution < -0.4 is 5.73 Å². The Morgan fingerprint density at radius 2 is 2.40 bits per heavy atom. The molecule has 4 heteroatoms. The van der Waals surface area contributed by atoms with Gasteiger partial charge in [0.2, 0.25) is 6.29 Å². The number of amides is 1. The molecule has 1 saturated heterocycles. The van der Waals surface area contributed by atoms with Gasteiger partial charge in [0, 0.05) is 0 Å². The lowest BCUT2D eigenvalue weighted by Gasteiger charge is -2.25. The highest BCUT2D eigenvalue weighted by molar-refractivity contribution is 5.77. The zero-order chi connectivity index (χ0) is 7.56. The van der Waals surface area contributed by atoms with Crippen LogP contribution in [0.2, 0.25) is 0 Å². The molecule has 2 atom stereocenters. The van der Waals surface area contributed by atoms with E-state index in [1.54, 1.807) is 0 Å². The Morgan fingerprint density at radius 1 is 1.70 bits per heavy atom. The van der Waals surface area contributed by atoms with Gasteiger partial charge >= 0.3 is 0 Å². The molecule has 0 aromatic rings. The number of hydrogen-bond acceptors (Lipinski definition) is 3. The lowest BCUT2D eigenvalue weighted by molar-refractivity contribution is -0.206. The number of carbonyl (C=O) groups is 1. The molecule has 1 aliphatic rings. The zero-order valence-corrected chi connectivity index (χ0v) is 5.87. The zero-order valence-electron chi connectivity index (χ0n) is 5.87. The largest absolute Gasteiger partial charge is 0.365 e. The summed E-state index contributed by atoms with van der Waals surface area (Å²) in [7, 11) is 0. The molecule has 2 unspecified atom stereocenters. The number of hydrogen-bond donors (Lipinski definition) is 1. The van der Waals surface area contributed by atoms with Crippen LogP contribution in [0.25, 0.3) is 0 Å². The van der Waals surface area contributed by atoms with E-state index in [4.69, 9.17) is 15.2 Å². The molecule has 1 heterocycles. The topological polar surface area (TPSA) is 61.5 Å². The van der Waals surface area contributed by atoms with E-state index in [1.807, 2.05) is 6.92 Å². The van der Waals surface area contributed by atoms with E-state index in [2.05, 4.69) is 0 Å². The summed E-state index contributed by atoms with van der Waals surface area (Å²) in [5.74, 6) is -0.549. The van der Waals surface area contributed by atoms with E-state index in [0.717, 1.165) is 6.42 Å². The SMILES string of the molecule is CC1CCOC(C(N)=O)O1. The molecule has 2 N–H and O–H groups in total. The van der Waals surface area contributed by atoms with E-state index in [-0.39, 0.29) is 6.10 Å². The van der Waals surface area contributed by atoms with Crippen LogP contribution in [0.3, 0.4) is 0 Å². The van der Waals surface area contributed by atoms with Gasteiger partial charge in [-0.3, -0.25) is 4.79 Å². The Bertz CT molecular complexity index is 137. The molecule has 58 valence electrons. The summed E-state index contributed by atoms with van der Waals surface area (Å²) < 4.78 is 9.96. The van der Waals surface area contributed by atoms with E-state index < -0.39 is 12.2 Å². The molecule has 1 rings (SSSR count). The monoisotopic (exact) mass is 145 g/mol. The van der Waals surface area contributed by atoms with E-state index in [0.29, 0.717) is 6.61 Å². The quantitative estimate of drug-likeness (QED) is 0.547. The molecule has 1 amide bonds. The predicted octanol–water partition coefficient (Wildman–Crippen LogP) is -0.377. The van der Waals surface area contributed by atoms with Crippen molar-refractivity contribution in [1.82, 2.24) is 0 Å². The highest BCUT2D eigenvalue weighted by Crippen LogP contribution is 2.10. The summed E-state index contributed by atoms with van der Waals surface area (Å²) in [5, 5.41) is 0. The Hall–Kier alpha value is -0.610. The van der Waals surface area contributed by atoms with Crippen molar-refractivity contribution in [2.24, 2.45) is 5.73 Å². The van der Waals surface area contributed by atoms with Gasteiger partial charge in [-0.25, -0.2) is 0 Å². The summed E-state index contributed by atoms with van der Waals surface area (Å²) in [5.41, 5.74) is 4.94. The molecule has 0 radical (unpaired) electrons. The lowest BCUT2D eigenvalue weighted by Crippen LogP contribution is -2.40. The fraction of sp³-hybridized carbons (Fsp3) is 0.833. The molecule has 0 bridgehead atoms. The van der Waals surface area contributed by atoms with Gasteiger partial charge in [-0.05, 0) is 13.3 Å². The summed E-state index contributed by atoms with van der Waals surface area (Å²) >= 11 is 0. The predicted molar refractivity (Wildman–Crippen MR) is 34.1 cm³/mol. The Kier molecular flexibility index (Phi) is 2.24. The Balaban J connectivity index is 2.39. The van der Waals surface area contributed by atoms with Crippen LogP contribution in [-0.2, 0) is 14.3 Å². The van der Waals surface area contributed by atoms with Crippen molar-refractivity contribution < 1.29 is 14.3 Å². The number of carbonyl (C=O) groups excluding carboxylic acids is 1. The van der Waals surface area contributed by atoms with Gasteiger partial charge in [-0.2, -0.15) is 0 Å². The van der Waals surface area contributed by atoms with Crippen molar-refractivity contribution in [3.05, 3.63) is 0 Å². The standard InChI is InChI=1S/C6H11NO3/c1-4-2-3-9-6(10-4)5(7)8/h4,6H,2-3H2,1H3,(H2,7,8). The third-order valence-electron chi connectivity index (χ3n) is 1.38. The first-order valence-corrected chi connectivity index (χ1v) is 3.26. The van der Waals surface area contributed by atoms with Gasteiger partial charge in [0.15, 0.2) is 0 Å². The van der Waals surface area contributed by atoms with Crippen molar-refractivity contribution >= 4 is 5.91 Å². The molecule has 4 nitrogen and oxygen atoms in total. The Morgan fingerprint density at radius 3 is 2.80 bits per heavy atom. The molecular weight excluding hydrogens is 134 g/mol. The second-order valence-corrected chi connectivity index (χ2v) is 2.34. The maximum absolute atomic E-state index is 10.5. The summed E-state index contributed by atoms with van der Waals surface area (Å²) in [6.07, 6.45) is 0.0686. The van der Waals surface area contributed by atoms with E-state index >= 15 is 0 Å². The maximum Gasteiger partial charge on any atom is 0.274 e. The molecule has 10 heavy (non-hydrogen) atoms. The van der Waals surface area contributed by atoms with Crippen molar-refractivity contribution in [2.75, 3.05) is 6.61 Å².